The minimum Gasteiger partial charge on any atom is -0.347 e. The first-order chi connectivity index (χ1) is 9.54. The van der Waals surface area contributed by atoms with E-state index in [2.05, 4.69) is 15.3 Å². The molecule has 1 heterocycles. The average molecular weight is 270 g/mol. The molecular weight excluding hydrogens is 252 g/mol. The van der Waals surface area contributed by atoms with Crippen molar-refractivity contribution in [1.29, 1.82) is 0 Å². The summed E-state index contributed by atoms with van der Waals surface area (Å²) >= 11 is 0. The number of carbonyl (C=O) groups is 1. The fraction of sp³-hybridized carbons (Fsp3) is 0.267. The van der Waals surface area contributed by atoms with Crippen molar-refractivity contribution in [2.45, 2.75) is 13.3 Å². The van der Waals surface area contributed by atoms with E-state index in [9.17, 15) is 4.79 Å². The SMILES string of the molecule is Cc1cccc(CC(=O)Nc2cnc(N(C)C)nc2)c1. The van der Waals surface area contributed by atoms with Crippen LogP contribution in [0, 0.1) is 6.92 Å². The van der Waals surface area contributed by atoms with E-state index in [4.69, 9.17) is 0 Å². The second kappa shape index (κ2) is 6.14. The van der Waals surface area contributed by atoms with Gasteiger partial charge in [0, 0.05) is 14.1 Å². The molecule has 20 heavy (non-hydrogen) atoms. The molecule has 0 bridgehead atoms. The summed E-state index contributed by atoms with van der Waals surface area (Å²) in [7, 11) is 3.73. The predicted molar refractivity (Wildman–Crippen MR) is 79.9 cm³/mol. The van der Waals surface area contributed by atoms with Crippen LogP contribution < -0.4 is 10.2 Å². The molecule has 0 atom stereocenters. The molecule has 5 heteroatoms. The molecule has 1 N–H and O–H groups in total. The summed E-state index contributed by atoms with van der Waals surface area (Å²) < 4.78 is 0. The largest absolute Gasteiger partial charge is 0.347 e. The zero-order valence-corrected chi connectivity index (χ0v) is 11.9. The van der Waals surface area contributed by atoms with E-state index in [1.54, 1.807) is 17.3 Å². The van der Waals surface area contributed by atoms with Gasteiger partial charge in [-0.2, -0.15) is 0 Å². The van der Waals surface area contributed by atoms with Crippen molar-refractivity contribution in [3.05, 3.63) is 47.8 Å². The quantitative estimate of drug-likeness (QED) is 0.923. The molecule has 104 valence electrons. The van der Waals surface area contributed by atoms with E-state index < -0.39 is 0 Å². The highest BCUT2D eigenvalue weighted by molar-refractivity contribution is 5.92. The summed E-state index contributed by atoms with van der Waals surface area (Å²) in [5.41, 5.74) is 2.75. The van der Waals surface area contributed by atoms with Gasteiger partial charge in [-0.15, -0.1) is 0 Å². The van der Waals surface area contributed by atoms with Gasteiger partial charge in [0.25, 0.3) is 0 Å². The van der Waals surface area contributed by atoms with Crippen molar-refractivity contribution in [3.63, 3.8) is 0 Å². The maximum absolute atomic E-state index is 11.9. The van der Waals surface area contributed by atoms with Gasteiger partial charge in [-0.25, -0.2) is 9.97 Å². The number of benzene rings is 1. The van der Waals surface area contributed by atoms with Crippen LogP contribution in [0.1, 0.15) is 11.1 Å². The van der Waals surface area contributed by atoms with Gasteiger partial charge in [0.1, 0.15) is 0 Å². The molecule has 2 rings (SSSR count). The number of anilines is 2. The van der Waals surface area contributed by atoms with Crippen molar-refractivity contribution < 1.29 is 4.79 Å². The maximum Gasteiger partial charge on any atom is 0.228 e. The van der Waals surface area contributed by atoms with E-state index in [1.807, 2.05) is 45.3 Å². The Hall–Kier alpha value is -2.43. The summed E-state index contributed by atoms with van der Waals surface area (Å²) in [5, 5.41) is 2.79. The molecule has 1 amide bonds. The van der Waals surface area contributed by atoms with Crippen LogP contribution in [0.25, 0.3) is 0 Å². The lowest BCUT2D eigenvalue weighted by molar-refractivity contribution is -0.115. The minimum atomic E-state index is -0.0724. The summed E-state index contributed by atoms with van der Waals surface area (Å²) in [4.78, 5) is 22.0. The van der Waals surface area contributed by atoms with Crippen LogP contribution in [-0.2, 0) is 11.2 Å². The molecule has 0 fully saturated rings. The smallest absolute Gasteiger partial charge is 0.228 e. The molecule has 0 saturated heterocycles. The van der Waals surface area contributed by atoms with Crippen molar-refractivity contribution in [2.75, 3.05) is 24.3 Å². The molecule has 0 aliphatic carbocycles. The Kier molecular flexibility index (Phi) is 4.30. The lowest BCUT2D eigenvalue weighted by Crippen LogP contribution is -2.16. The monoisotopic (exact) mass is 270 g/mol. The van der Waals surface area contributed by atoms with Gasteiger partial charge < -0.3 is 10.2 Å². The highest BCUT2D eigenvalue weighted by Gasteiger charge is 2.06. The van der Waals surface area contributed by atoms with Crippen LogP contribution in [0.4, 0.5) is 11.6 Å². The topological polar surface area (TPSA) is 58.1 Å². The van der Waals surface area contributed by atoms with Crippen molar-refractivity contribution in [1.82, 2.24) is 9.97 Å². The number of aryl methyl sites for hydroxylation is 1. The highest BCUT2D eigenvalue weighted by Crippen LogP contribution is 2.09. The van der Waals surface area contributed by atoms with Crippen LogP contribution in [0.3, 0.4) is 0 Å². The van der Waals surface area contributed by atoms with Crippen LogP contribution in [0.15, 0.2) is 36.7 Å². The summed E-state index contributed by atoms with van der Waals surface area (Å²) in [6, 6.07) is 7.91. The second-order valence-electron chi connectivity index (χ2n) is 4.88. The Morgan fingerprint density at radius 3 is 2.55 bits per heavy atom. The van der Waals surface area contributed by atoms with Crippen molar-refractivity contribution >= 4 is 17.5 Å². The first-order valence-corrected chi connectivity index (χ1v) is 6.39. The Bertz CT molecular complexity index is 593. The summed E-state index contributed by atoms with van der Waals surface area (Å²) in [5.74, 6) is 0.540. The van der Waals surface area contributed by atoms with Crippen molar-refractivity contribution in [2.24, 2.45) is 0 Å². The van der Waals surface area contributed by atoms with Crippen LogP contribution in [-0.4, -0.2) is 30.0 Å². The molecular formula is C15H18N4O. The standard InChI is InChI=1S/C15H18N4O/c1-11-5-4-6-12(7-11)8-14(20)18-13-9-16-15(17-10-13)19(2)3/h4-7,9-10H,8H2,1-3H3,(H,18,20). The zero-order valence-electron chi connectivity index (χ0n) is 11.9. The zero-order chi connectivity index (χ0) is 14.5. The normalized spacial score (nSPS) is 10.2. The van der Waals surface area contributed by atoms with Crippen LogP contribution in [0.2, 0.25) is 0 Å². The Balaban J connectivity index is 1.97. The Morgan fingerprint density at radius 1 is 1.25 bits per heavy atom. The number of rotatable bonds is 4. The molecule has 0 unspecified atom stereocenters. The molecule has 0 spiro atoms. The molecule has 5 nitrogen and oxygen atoms in total. The van der Waals surface area contributed by atoms with E-state index in [0.717, 1.165) is 11.1 Å². The number of aromatic nitrogens is 2. The summed E-state index contributed by atoms with van der Waals surface area (Å²) in [6.07, 6.45) is 3.56. The molecule has 1 aromatic carbocycles. The number of nitrogens with one attached hydrogen (secondary N) is 1. The predicted octanol–water partition coefficient (Wildman–Crippen LogP) is 2.03. The number of nitrogens with zero attached hydrogens (tertiary/aromatic N) is 3. The average Bonchev–Trinajstić information content (AvgIpc) is 2.39. The molecule has 0 aliphatic rings. The van der Waals surface area contributed by atoms with Gasteiger partial charge in [0.2, 0.25) is 11.9 Å². The van der Waals surface area contributed by atoms with Crippen LogP contribution >= 0.6 is 0 Å². The van der Waals surface area contributed by atoms with Gasteiger partial charge in [-0.1, -0.05) is 29.8 Å². The Morgan fingerprint density at radius 2 is 1.95 bits per heavy atom. The first-order valence-electron chi connectivity index (χ1n) is 6.39. The molecule has 0 radical (unpaired) electrons. The molecule has 0 aliphatic heterocycles. The van der Waals surface area contributed by atoms with E-state index in [0.29, 0.717) is 18.1 Å². The molecule has 1 aromatic heterocycles. The lowest BCUT2D eigenvalue weighted by Gasteiger charge is -2.10. The lowest BCUT2D eigenvalue weighted by atomic mass is 10.1. The van der Waals surface area contributed by atoms with E-state index >= 15 is 0 Å². The molecule has 2 aromatic rings. The number of amides is 1. The van der Waals surface area contributed by atoms with E-state index in [1.165, 1.54) is 0 Å². The van der Waals surface area contributed by atoms with Crippen LogP contribution in [0.5, 0.6) is 0 Å². The third-order valence-electron chi connectivity index (χ3n) is 2.77. The van der Waals surface area contributed by atoms with Gasteiger partial charge in [0.05, 0.1) is 24.5 Å². The first kappa shape index (κ1) is 14.0. The number of hydrogen-bond donors (Lipinski definition) is 1. The fourth-order valence-corrected chi connectivity index (χ4v) is 1.83. The van der Waals surface area contributed by atoms with E-state index in [-0.39, 0.29) is 5.91 Å². The van der Waals surface area contributed by atoms with Gasteiger partial charge in [-0.3, -0.25) is 4.79 Å². The van der Waals surface area contributed by atoms with Gasteiger partial charge in [-0.05, 0) is 12.5 Å². The number of carbonyl (C=O) groups excluding carboxylic acids is 1. The third kappa shape index (κ3) is 3.78. The van der Waals surface area contributed by atoms with Gasteiger partial charge in [0.15, 0.2) is 0 Å². The minimum absolute atomic E-state index is 0.0724. The summed E-state index contributed by atoms with van der Waals surface area (Å²) in [6.45, 7) is 2.01. The third-order valence-corrected chi connectivity index (χ3v) is 2.77. The second-order valence-corrected chi connectivity index (χ2v) is 4.88. The van der Waals surface area contributed by atoms with Crippen molar-refractivity contribution in [3.8, 4) is 0 Å². The highest BCUT2D eigenvalue weighted by atomic mass is 16.1. The molecule has 0 saturated carbocycles. The maximum atomic E-state index is 11.9. The fourth-order valence-electron chi connectivity index (χ4n) is 1.83. The Labute approximate surface area is 118 Å². The van der Waals surface area contributed by atoms with Gasteiger partial charge >= 0.3 is 0 Å². The number of hydrogen-bond acceptors (Lipinski definition) is 4.